The number of carbonyl (C=O) groups is 1. The average molecular weight is 301 g/mol. The van der Waals surface area contributed by atoms with Gasteiger partial charge in [-0.15, -0.1) is 0 Å². The van der Waals surface area contributed by atoms with Crippen molar-refractivity contribution in [3.63, 3.8) is 0 Å². The highest BCUT2D eigenvalue weighted by atomic mass is 35.5. The number of carbonyl (C=O) groups excluding carboxylic acids is 1. The maximum atomic E-state index is 12.2. The molecular formula is C13H14Cl2N2O2. The lowest BCUT2D eigenvalue weighted by molar-refractivity contribution is 0.0729. The number of hydrogen-bond acceptors (Lipinski definition) is 3. The molecule has 6 heteroatoms. The third kappa shape index (κ3) is 2.86. The Kier molecular flexibility index (Phi) is 3.65. The second-order valence-electron chi connectivity index (χ2n) is 5.01. The van der Waals surface area contributed by atoms with E-state index >= 15 is 0 Å². The zero-order chi connectivity index (χ0) is 13.4. The quantitative estimate of drug-likeness (QED) is 0.873. The molecule has 1 aliphatic carbocycles. The lowest BCUT2D eigenvalue weighted by Crippen LogP contribution is -2.41. The minimum Gasteiger partial charge on any atom is -0.376 e. The Morgan fingerprint density at radius 3 is 2.79 bits per heavy atom. The Morgan fingerprint density at radius 1 is 1.32 bits per heavy atom. The third-order valence-electron chi connectivity index (χ3n) is 3.60. The van der Waals surface area contributed by atoms with Crippen molar-refractivity contribution in [2.45, 2.75) is 31.4 Å². The number of nitrogens with zero attached hydrogens (tertiary/aromatic N) is 1. The number of aromatic nitrogens is 1. The van der Waals surface area contributed by atoms with E-state index in [2.05, 4.69) is 10.3 Å². The monoisotopic (exact) mass is 300 g/mol. The van der Waals surface area contributed by atoms with Gasteiger partial charge in [-0.05, 0) is 37.3 Å². The van der Waals surface area contributed by atoms with Crippen LogP contribution in [-0.4, -0.2) is 29.6 Å². The molecule has 1 aromatic heterocycles. The van der Waals surface area contributed by atoms with Gasteiger partial charge in [0.15, 0.2) is 0 Å². The third-order valence-corrected chi connectivity index (χ3v) is 4.10. The van der Waals surface area contributed by atoms with Crippen LogP contribution in [0.3, 0.4) is 0 Å². The standard InChI is InChI=1S/C13H14Cl2N2O2/c14-10-4-3-8(12(15)17-10)13(18)16-9-5-6-19-11(9)7-1-2-7/h3-4,7,9,11H,1-2,5-6H2,(H,16,18). The Balaban J connectivity index is 1.70. The smallest absolute Gasteiger partial charge is 0.254 e. The molecule has 0 bridgehead atoms. The van der Waals surface area contributed by atoms with Crippen LogP contribution in [0.25, 0.3) is 0 Å². The summed E-state index contributed by atoms with van der Waals surface area (Å²) in [7, 11) is 0. The molecule has 1 saturated carbocycles. The van der Waals surface area contributed by atoms with Crippen molar-refractivity contribution in [3.05, 3.63) is 28.0 Å². The molecule has 3 rings (SSSR count). The second kappa shape index (κ2) is 5.27. The van der Waals surface area contributed by atoms with E-state index in [0.29, 0.717) is 18.1 Å². The molecule has 1 aliphatic heterocycles. The first-order valence-corrected chi connectivity index (χ1v) is 7.15. The molecule has 0 spiro atoms. The number of rotatable bonds is 3. The van der Waals surface area contributed by atoms with E-state index in [-0.39, 0.29) is 28.4 Å². The summed E-state index contributed by atoms with van der Waals surface area (Å²) in [5.74, 6) is 0.391. The fraction of sp³-hybridized carbons (Fsp3) is 0.538. The van der Waals surface area contributed by atoms with E-state index in [1.54, 1.807) is 12.1 Å². The summed E-state index contributed by atoms with van der Waals surface area (Å²) in [5.41, 5.74) is 0.354. The normalized spacial score (nSPS) is 26.4. The highest BCUT2D eigenvalue weighted by Crippen LogP contribution is 2.38. The Bertz CT molecular complexity index is 505. The lowest BCUT2D eigenvalue weighted by Gasteiger charge is -2.19. The minimum atomic E-state index is -0.213. The summed E-state index contributed by atoms with van der Waals surface area (Å²) < 4.78 is 5.69. The molecule has 4 nitrogen and oxygen atoms in total. The molecule has 1 aromatic rings. The van der Waals surface area contributed by atoms with Crippen molar-refractivity contribution in [1.29, 1.82) is 0 Å². The fourth-order valence-corrected chi connectivity index (χ4v) is 2.91. The van der Waals surface area contributed by atoms with Crippen LogP contribution in [0.1, 0.15) is 29.6 Å². The van der Waals surface area contributed by atoms with Crippen LogP contribution in [0.15, 0.2) is 12.1 Å². The van der Waals surface area contributed by atoms with Gasteiger partial charge in [-0.1, -0.05) is 23.2 Å². The van der Waals surface area contributed by atoms with Crippen molar-refractivity contribution in [2.75, 3.05) is 6.61 Å². The van der Waals surface area contributed by atoms with E-state index in [1.807, 2.05) is 0 Å². The maximum absolute atomic E-state index is 12.2. The van der Waals surface area contributed by atoms with Crippen molar-refractivity contribution in [3.8, 4) is 0 Å². The Labute approximate surface area is 121 Å². The van der Waals surface area contributed by atoms with Crippen LogP contribution in [0.5, 0.6) is 0 Å². The summed E-state index contributed by atoms with van der Waals surface area (Å²) in [6.07, 6.45) is 3.40. The van der Waals surface area contributed by atoms with E-state index in [1.165, 1.54) is 12.8 Å². The maximum Gasteiger partial charge on any atom is 0.254 e. The van der Waals surface area contributed by atoms with Gasteiger partial charge < -0.3 is 10.1 Å². The zero-order valence-corrected chi connectivity index (χ0v) is 11.7. The van der Waals surface area contributed by atoms with Crippen LogP contribution in [0.4, 0.5) is 0 Å². The van der Waals surface area contributed by atoms with Gasteiger partial charge in [0.1, 0.15) is 10.3 Å². The second-order valence-corrected chi connectivity index (χ2v) is 5.76. The number of halogens is 2. The van der Waals surface area contributed by atoms with Crippen LogP contribution < -0.4 is 5.32 Å². The van der Waals surface area contributed by atoms with Crippen molar-refractivity contribution >= 4 is 29.1 Å². The summed E-state index contributed by atoms with van der Waals surface area (Å²) >= 11 is 11.7. The molecule has 102 valence electrons. The van der Waals surface area contributed by atoms with Crippen LogP contribution in [0, 0.1) is 5.92 Å². The predicted octanol–water partition coefficient (Wildman–Crippen LogP) is 2.69. The molecule has 1 amide bonds. The minimum absolute atomic E-state index is 0.0757. The molecular weight excluding hydrogens is 287 g/mol. The largest absolute Gasteiger partial charge is 0.376 e. The van der Waals surface area contributed by atoms with Crippen LogP contribution in [-0.2, 0) is 4.74 Å². The molecule has 2 aliphatic rings. The molecule has 0 radical (unpaired) electrons. The van der Waals surface area contributed by atoms with Gasteiger partial charge in [0, 0.05) is 6.61 Å². The number of pyridine rings is 1. The number of hydrogen-bond donors (Lipinski definition) is 1. The van der Waals surface area contributed by atoms with E-state index in [0.717, 1.165) is 6.42 Å². The summed E-state index contributed by atoms with van der Waals surface area (Å²) in [5, 5.41) is 3.41. The van der Waals surface area contributed by atoms with Crippen LogP contribution >= 0.6 is 23.2 Å². The van der Waals surface area contributed by atoms with Gasteiger partial charge in [-0.25, -0.2) is 4.98 Å². The first-order valence-electron chi connectivity index (χ1n) is 6.39. The van der Waals surface area contributed by atoms with E-state index in [4.69, 9.17) is 27.9 Å². The van der Waals surface area contributed by atoms with Gasteiger partial charge in [-0.2, -0.15) is 0 Å². The first kappa shape index (κ1) is 13.2. The van der Waals surface area contributed by atoms with Crippen molar-refractivity contribution in [1.82, 2.24) is 10.3 Å². The molecule has 1 saturated heterocycles. The lowest BCUT2D eigenvalue weighted by atomic mass is 10.1. The topological polar surface area (TPSA) is 51.2 Å². The van der Waals surface area contributed by atoms with Crippen molar-refractivity contribution < 1.29 is 9.53 Å². The van der Waals surface area contributed by atoms with Gasteiger partial charge in [0.25, 0.3) is 5.91 Å². The summed E-state index contributed by atoms with van der Waals surface area (Å²) in [4.78, 5) is 16.1. The molecule has 2 atom stereocenters. The van der Waals surface area contributed by atoms with Gasteiger partial charge in [-0.3, -0.25) is 4.79 Å². The molecule has 2 unspecified atom stereocenters. The highest BCUT2D eigenvalue weighted by Gasteiger charge is 2.41. The van der Waals surface area contributed by atoms with E-state index in [9.17, 15) is 4.79 Å². The molecule has 0 aromatic carbocycles. The molecule has 19 heavy (non-hydrogen) atoms. The van der Waals surface area contributed by atoms with Gasteiger partial charge in [0.05, 0.1) is 17.7 Å². The Morgan fingerprint density at radius 2 is 2.11 bits per heavy atom. The predicted molar refractivity (Wildman–Crippen MR) is 72.6 cm³/mol. The molecule has 2 fully saturated rings. The summed E-state index contributed by atoms with van der Waals surface area (Å²) in [6, 6.07) is 3.23. The van der Waals surface area contributed by atoms with Gasteiger partial charge in [0.2, 0.25) is 0 Å². The number of ether oxygens (including phenoxy) is 1. The molecule has 2 heterocycles. The SMILES string of the molecule is O=C(NC1CCOC1C1CC1)c1ccc(Cl)nc1Cl. The first-order chi connectivity index (χ1) is 9.15. The number of nitrogens with one attached hydrogen (secondary N) is 1. The fourth-order valence-electron chi connectivity index (χ4n) is 2.48. The summed E-state index contributed by atoms with van der Waals surface area (Å²) in [6.45, 7) is 0.707. The van der Waals surface area contributed by atoms with Gasteiger partial charge >= 0.3 is 0 Å². The van der Waals surface area contributed by atoms with Crippen molar-refractivity contribution in [2.24, 2.45) is 5.92 Å². The average Bonchev–Trinajstić information content (AvgIpc) is 3.10. The zero-order valence-electron chi connectivity index (χ0n) is 10.2. The van der Waals surface area contributed by atoms with E-state index < -0.39 is 0 Å². The highest BCUT2D eigenvalue weighted by molar-refractivity contribution is 6.34. The number of amides is 1. The Hall–Kier alpha value is -0.840. The van der Waals surface area contributed by atoms with Crippen LogP contribution in [0.2, 0.25) is 10.3 Å². The molecule has 1 N–H and O–H groups in total.